The third-order valence-electron chi connectivity index (χ3n) is 3.30. The maximum Gasteiger partial charge on any atom is 0.328 e. The number of rotatable bonds is 9. The van der Waals surface area contributed by atoms with E-state index < -0.39 is 5.97 Å². The van der Waals surface area contributed by atoms with Crippen molar-refractivity contribution in [3.63, 3.8) is 0 Å². The van der Waals surface area contributed by atoms with Crippen molar-refractivity contribution in [2.24, 2.45) is 0 Å². The molecule has 0 spiro atoms. The van der Waals surface area contributed by atoms with Crippen LogP contribution in [0.4, 0.5) is 5.69 Å². The highest BCUT2D eigenvalue weighted by molar-refractivity contribution is 9.10. The van der Waals surface area contributed by atoms with Gasteiger partial charge in [-0.25, -0.2) is 4.79 Å². The number of carboxylic acid groups (broad SMARTS) is 1. The number of unbranched alkanes of at least 4 members (excludes halogenated alkanes) is 2. The maximum atomic E-state index is 10.8. The van der Waals surface area contributed by atoms with Crippen molar-refractivity contribution in [3.05, 3.63) is 34.3 Å². The lowest BCUT2D eigenvalue weighted by Gasteiger charge is -2.26. The summed E-state index contributed by atoms with van der Waals surface area (Å²) in [5.74, 6) is -0.922. The number of halogens is 1. The van der Waals surface area contributed by atoms with E-state index in [0.717, 1.165) is 54.5 Å². The molecule has 0 aromatic heterocycles. The summed E-state index contributed by atoms with van der Waals surface area (Å²) in [6.07, 6.45) is 7.46. The molecule has 1 N–H and O–H groups in total. The fraction of sp³-hybridized carbons (Fsp3) is 0.471. The lowest BCUT2D eigenvalue weighted by atomic mass is 10.1. The second-order valence-electron chi connectivity index (χ2n) is 5.07. The number of hydrogen-bond acceptors (Lipinski definition) is 2. The number of hydrogen-bond donors (Lipinski definition) is 1. The maximum absolute atomic E-state index is 10.8. The van der Waals surface area contributed by atoms with E-state index in [-0.39, 0.29) is 0 Å². The first-order valence-corrected chi connectivity index (χ1v) is 8.33. The molecule has 0 aliphatic carbocycles. The minimum Gasteiger partial charge on any atom is -0.478 e. The molecular weight excluding hydrogens is 330 g/mol. The fourth-order valence-corrected chi connectivity index (χ4v) is 2.54. The number of benzene rings is 1. The zero-order valence-corrected chi connectivity index (χ0v) is 14.4. The molecular formula is C17H24BrNO2. The van der Waals surface area contributed by atoms with Crippen molar-refractivity contribution in [1.29, 1.82) is 0 Å². The van der Waals surface area contributed by atoms with E-state index in [1.54, 1.807) is 6.08 Å². The van der Waals surface area contributed by atoms with Crippen LogP contribution >= 0.6 is 15.9 Å². The third-order valence-corrected chi connectivity index (χ3v) is 3.79. The van der Waals surface area contributed by atoms with E-state index in [0.29, 0.717) is 0 Å². The van der Waals surface area contributed by atoms with Crippen molar-refractivity contribution in [2.75, 3.05) is 18.0 Å². The monoisotopic (exact) mass is 353 g/mol. The molecule has 1 aromatic carbocycles. The molecule has 1 rings (SSSR count). The molecule has 1 aromatic rings. The number of anilines is 1. The van der Waals surface area contributed by atoms with E-state index in [2.05, 4.69) is 40.7 Å². The zero-order chi connectivity index (χ0) is 15.7. The van der Waals surface area contributed by atoms with E-state index in [9.17, 15) is 4.79 Å². The summed E-state index contributed by atoms with van der Waals surface area (Å²) in [5, 5.41) is 8.84. The normalized spacial score (nSPS) is 11.0. The Morgan fingerprint density at radius 3 is 2.38 bits per heavy atom. The molecule has 0 amide bonds. The van der Waals surface area contributed by atoms with Crippen LogP contribution in [0.3, 0.4) is 0 Å². The molecule has 116 valence electrons. The molecule has 0 atom stereocenters. The topological polar surface area (TPSA) is 40.5 Å². The van der Waals surface area contributed by atoms with Crippen molar-refractivity contribution >= 4 is 33.7 Å². The molecule has 0 heterocycles. The van der Waals surface area contributed by atoms with Gasteiger partial charge in [0, 0.05) is 29.3 Å². The Morgan fingerprint density at radius 2 is 1.86 bits per heavy atom. The van der Waals surface area contributed by atoms with Gasteiger partial charge in [-0.15, -0.1) is 0 Å². The average Bonchev–Trinajstić information content (AvgIpc) is 2.46. The molecule has 21 heavy (non-hydrogen) atoms. The van der Waals surface area contributed by atoms with Gasteiger partial charge < -0.3 is 10.0 Å². The van der Waals surface area contributed by atoms with Crippen molar-refractivity contribution in [2.45, 2.75) is 39.5 Å². The van der Waals surface area contributed by atoms with Crippen molar-refractivity contribution < 1.29 is 9.90 Å². The van der Waals surface area contributed by atoms with Crippen LogP contribution < -0.4 is 4.90 Å². The molecule has 0 saturated heterocycles. The Kier molecular flexibility index (Phi) is 8.13. The summed E-state index contributed by atoms with van der Waals surface area (Å²) in [6, 6.07) is 6.05. The van der Waals surface area contributed by atoms with Crippen molar-refractivity contribution in [3.8, 4) is 0 Å². The minimum absolute atomic E-state index is 0.922. The quantitative estimate of drug-likeness (QED) is 0.638. The Labute approximate surface area is 135 Å². The highest BCUT2D eigenvalue weighted by Crippen LogP contribution is 2.26. The Balaban J connectivity index is 3.06. The van der Waals surface area contributed by atoms with Gasteiger partial charge in [-0.2, -0.15) is 0 Å². The first-order chi connectivity index (χ1) is 10.1. The number of nitrogens with zero attached hydrogens (tertiary/aromatic N) is 1. The summed E-state index contributed by atoms with van der Waals surface area (Å²) in [4.78, 5) is 13.1. The van der Waals surface area contributed by atoms with Crippen molar-refractivity contribution in [1.82, 2.24) is 0 Å². The summed E-state index contributed by atoms with van der Waals surface area (Å²) in [6.45, 7) is 6.38. The van der Waals surface area contributed by atoms with E-state index in [1.807, 2.05) is 12.1 Å². The lowest BCUT2D eigenvalue weighted by Crippen LogP contribution is -2.26. The smallest absolute Gasteiger partial charge is 0.328 e. The summed E-state index contributed by atoms with van der Waals surface area (Å²) < 4.78 is 0.960. The summed E-state index contributed by atoms with van der Waals surface area (Å²) in [7, 11) is 0. The number of aliphatic carboxylic acids is 1. The first kappa shape index (κ1) is 17.8. The van der Waals surface area contributed by atoms with Crippen LogP contribution in [0.1, 0.15) is 45.1 Å². The van der Waals surface area contributed by atoms with Gasteiger partial charge in [-0.05, 0) is 42.7 Å². The van der Waals surface area contributed by atoms with E-state index in [4.69, 9.17) is 5.11 Å². The van der Waals surface area contributed by atoms with Gasteiger partial charge in [0.15, 0.2) is 0 Å². The minimum atomic E-state index is -0.922. The van der Waals surface area contributed by atoms with E-state index >= 15 is 0 Å². The molecule has 0 radical (unpaired) electrons. The largest absolute Gasteiger partial charge is 0.478 e. The lowest BCUT2D eigenvalue weighted by molar-refractivity contribution is -0.131. The molecule has 0 unspecified atom stereocenters. The molecule has 0 saturated carbocycles. The van der Waals surface area contributed by atoms with Crippen LogP contribution in [0.25, 0.3) is 6.08 Å². The van der Waals surface area contributed by atoms with Gasteiger partial charge >= 0.3 is 5.97 Å². The predicted octanol–water partition coefficient (Wildman–Crippen LogP) is 4.95. The molecule has 0 fully saturated rings. The van der Waals surface area contributed by atoms with Gasteiger partial charge in [0.2, 0.25) is 0 Å². The predicted molar refractivity (Wildman–Crippen MR) is 92.8 cm³/mol. The summed E-state index contributed by atoms with van der Waals surface area (Å²) in [5.41, 5.74) is 2.05. The summed E-state index contributed by atoms with van der Waals surface area (Å²) >= 11 is 3.46. The number of carboxylic acids is 1. The van der Waals surface area contributed by atoms with Crippen LogP contribution in [0.2, 0.25) is 0 Å². The molecule has 4 heteroatoms. The van der Waals surface area contributed by atoms with E-state index in [1.165, 1.54) is 6.08 Å². The van der Waals surface area contributed by atoms with Gasteiger partial charge in [-0.3, -0.25) is 0 Å². The van der Waals surface area contributed by atoms with Crippen LogP contribution in [0, 0.1) is 0 Å². The first-order valence-electron chi connectivity index (χ1n) is 7.54. The van der Waals surface area contributed by atoms with Gasteiger partial charge in [0.05, 0.1) is 0 Å². The highest BCUT2D eigenvalue weighted by atomic mass is 79.9. The van der Waals surface area contributed by atoms with Crippen LogP contribution in [-0.4, -0.2) is 24.2 Å². The van der Waals surface area contributed by atoms with Crippen LogP contribution in [-0.2, 0) is 4.79 Å². The Morgan fingerprint density at radius 1 is 1.24 bits per heavy atom. The SMILES string of the molecule is CCCCN(CCCC)c1ccc(Br)cc1/C=C/C(=O)O. The second-order valence-corrected chi connectivity index (χ2v) is 5.98. The molecule has 0 aliphatic heterocycles. The van der Waals surface area contributed by atoms with Gasteiger partial charge in [0.1, 0.15) is 0 Å². The average molecular weight is 354 g/mol. The standard InChI is InChI=1S/C17H24BrNO2/c1-3-5-11-19(12-6-4-2)16-9-8-15(18)13-14(16)7-10-17(20)21/h7-10,13H,3-6,11-12H2,1-2H3,(H,20,21)/b10-7+. The molecule has 3 nitrogen and oxygen atoms in total. The van der Waals surface area contributed by atoms with Gasteiger partial charge in [0.25, 0.3) is 0 Å². The second kappa shape index (κ2) is 9.61. The molecule has 0 bridgehead atoms. The Bertz CT molecular complexity index is 478. The molecule has 0 aliphatic rings. The zero-order valence-electron chi connectivity index (χ0n) is 12.8. The fourth-order valence-electron chi connectivity index (χ4n) is 2.16. The highest BCUT2D eigenvalue weighted by Gasteiger charge is 2.10. The van der Waals surface area contributed by atoms with Gasteiger partial charge in [-0.1, -0.05) is 42.6 Å². The Hall–Kier alpha value is -1.29. The number of carbonyl (C=O) groups is 1. The van der Waals surface area contributed by atoms with Crippen LogP contribution in [0.15, 0.2) is 28.7 Å². The third kappa shape index (κ3) is 6.34. The van der Waals surface area contributed by atoms with Crippen LogP contribution in [0.5, 0.6) is 0 Å².